The zero-order chi connectivity index (χ0) is 22.5. The van der Waals surface area contributed by atoms with E-state index >= 15 is 0 Å². The van der Waals surface area contributed by atoms with Gasteiger partial charge in [-0.3, -0.25) is 4.79 Å². The lowest BCUT2D eigenvalue weighted by atomic mass is 9.73. The Kier molecular flexibility index (Phi) is 5.28. The number of aromatic amines is 1. The van der Waals surface area contributed by atoms with Crippen molar-refractivity contribution in [1.82, 2.24) is 15.0 Å². The molecule has 1 aliphatic carbocycles. The molecule has 1 fully saturated rings. The number of aromatic nitrogens is 3. The Bertz CT molecular complexity index is 1230. The fourth-order valence-corrected chi connectivity index (χ4v) is 5.50. The Balaban J connectivity index is 1.42. The number of nitrogens with two attached hydrogens (primary N) is 1. The highest BCUT2D eigenvalue weighted by molar-refractivity contribution is 6.32. The summed E-state index contributed by atoms with van der Waals surface area (Å²) in [5, 5.41) is 10.3. The van der Waals surface area contributed by atoms with E-state index in [0.717, 1.165) is 32.4 Å². The number of hydrogen-bond acceptors (Lipinski definition) is 6. The Labute approximate surface area is 191 Å². The van der Waals surface area contributed by atoms with Gasteiger partial charge in [-0.15, -0.1) is 0 Å². The molecule has 1 spiro atoms. The van der Waals surface area contributed by atoms with Gasteiger partial charge in [-0.2, -0.15) is 0 Å². The lowest BCUT2D eigenvalue weighted by Crippen LogP contribution is -2.45. The van der Waals surface area contributed by atoms with Gasteiger partial charge in [-0.25, -0.2) is 9.97 Å². The van der Waals surface area contributed by atoms with Crippen LogP contribution in [0.4, 0.5) is 5.82 Å². The van der Waals surface area contributed by atoms with Gasteiger partial charge in [-0.05, 0) is 48.8 Å². The van der Waals surface area contributed by atoms with Gasteiger partial charge in [0.2, 0.25) is 5.56 Å². The molecule has 1 atom stereocenters. The van der Waals surface area contributed by atoms with Gasteiger partial charge in [0.25, 0.3) is 0 Å². The first kappa shape index (κ1) is 21.1. The van der Waals surface area contributed by atoms with Crippen molar-refractivity contribution >= 4 is 17.4 Å². The number of fused-ring (bicyclic) bond motifs is 1. The molecule has 32 heavy (non-hydrogen) atoms. The van der Waals surface area contributed by atoms with E-state index in [2.05, 4.69) is 39.1 Å². The summed E-state index contributed by atoms with van der Waals surface area (Å²) in [7, 11) is 0. The molecule has 0 saturated carbocycles. The van der Waals surface area contributed by atoms with Crippen molar-refractivity contribution < 1.29 is 5.11 Å². The molecule has 3 heterocycles. The maximum absolute atomic E-state index is 11.5. The van der Waals surface area contributed by atoms with Gasteiger partial charge in [0.05, 0.1) is 18.0 Å². The molecule has 8 heteroatoms. The highest BCUT2D eigenvalue weighted by Crippen LogP contribution is 2.51. The first-order chi connectivity index (χ1) is 15.4. The standard InChI is InChI=1S/C24H26ClN5O2/c1-14-20(17-6-7-19(32)29-22(17)25)28-18(13-31)23(27-14)30-10-8-24(9-11-30)12-15-4-2-3-5-16(15)21(24)26/h2-7,21,31H,8-13,26H2,1H3,(H,29,32)/t21-/m1/s1. The largest absolute Gasteiger partial charge is 0.390 e. The number of piperidine rings is 1. The predicted octanol–water partition coefficient (Wildman–Crippen LogP) is 3.13. The third-order valence-electron chi connectivity index (χ3n) is 7.05. The van der Waals surface area contributed by atoms with E-state index in [4.69, 9.17) is 22.3 Å². The van der Waals surface area contributed by atoms with Gasteiger partial charge in [0.1, 0.15) is 10.8 Å². The van der Waals surface area contributed by atoms with E-state index in [1.165, 1.54) is 17.2 Å². The van der Waals surface area contributed by atoms with Crippen LogP contribution in [0, 0.1) is 12.3 Å². The van der Waals surface area contributed by atoms with Gasteiger partial charge in [-0.1, -0.05) is 35.9 Å². The molecule has 2 aliphatic rings. The maximum atomic E-state index is 11.5. The number of H-pyrrole nitrogens is 1. The van der Waals surface area contributed by atoms with Crippen molar-refractivity contribution in [2.24, 2.45) is 11.1 Å². The molecule has 0 unspecified atom stereocenters. The Hall–Kier alpha value is -2.74. The number of aliphatic hydroxyl groups excluding tert-OH is 1. The minimum Gasteiger partial charge on any atom is -0.390 e. The van der Waals surface area contributed by atoms with E-state index in [-0.39, 0.29) is 28.8 Å². The quantitative estimate of drug-likeness (QED) is 0.528. The number of aliphatic hydroxyl groups is 1. The fourth-order valence-electron chi connectivity index (χ4n) is 5.26. The molecule has 2 aromatic heterocycles. The summed E-state index contributed by atoms with van der Waals surface area (Å²) in [6, 6.07) is 11.6. The Morgan fingerprint density at radius 1 is 1.22 bits per heavy atom. The van der Waals surface area contributed by atoms with Crippen LogP contribution < -0.4 is 16.2 Å². The van der Waals surface area contributed by atoms with Crippen molar-refractivity contribution in [3.8, 4) is 11.3 Å². The molecule has 1 aromatic carbocycles. The summed E-state index contributed by atoms with van der Waals surface area (Å²) >= 11 is 6.23. The SMILES string of the molecule is Cc1nc(N2CCC3(CC2)Cc2ccccc2[C@H]3N)c(CO)nc1-c1ccc(=O)[nH]c1Cl. The first-order valence-electron chi connectivity index (χ1n) is 10.9. The average molecular weight is 452 g/mol. The summed E-state index contributed by atoms with van der Waals surface area (Å²) in [5.74, 6) is 0.702. The molecule has 0 radical (unpaired) electrons. The predicted molar refractivity (Wildman–Crippen MR) is 125 cm³/mol. The maximum Gasteiger partial charge on any atom is 0.249 e. The molecular formula is C24H26ClN5O2. The zero-order valence-corrected chi connectivity index (χ0v) is 18.7. The molecule has 1 aliphatic heterocycles. The zero-order valence-electron chi connectivity index (χ0n) is 17.9. The Morgan fingerprint density at radius 2 is 1.97 bits per heavy atom. The van der Waals surface area contributed by atoms with Crippen LogP contribution in [0.3, 0.4) is 0 Å². The molecule has 3 aromatic rings. The number of halogens is 1. The minimum absolute atomic E-state index is 0.0516. The summed E-state index contributed by atoms with van der Waals surface area (Å²) in [5.41, 5.74) is 11.5. The Morgan fingerprint density at radius 3 is 2.66 bits per heavy atom. The second-order valence-electron chi connectivity index (χ2n) is 8.84. The van der Waals surface area contributed by atoms with Crippen LogP contribution in [-0.2, 0) is 13.0 Å². The van der Waals surface area contributed by atoms with Crippen LogP contribution in [0.15, 0.2) is 41.2 Å². The number of nitrogens with zero attached hydrogens (tertiary/aromatic N) is 3. The van der Waals surface area contributed by atoms with Crippen LogP contribution in [0.2, 0.25) is 5.15 Å². The van der Waals surface area contributed by atoms with Crippen LogP contribution in [-0.4, -0.2) is 33.1 Å². The van der Waals surface area contributed by atoms with E-state index < -0.39 is 0 Å². The smallest absolute Gasteiger partial charge is 0.249 e. The number of aryl methyl sites for hydroxylation is 1. The van der Waals surface area contributed by atoms with Crippen molar-refractivity contribution in [2.75, 3.05) is 18.0 Å². The molecule has 5 rings (SSSR count). The summed E-state index contributed by atoms with van der Waals surface area (Å²) in [4.78, 5) is 25.8. The van der Waals surface area contributed by atoms with Crippen molar-refractivity contribution in [3.63, 3.8) is 0 Å². The molecular weight excluding hydrogens is 426 g/mol. The molecule has 7 nitrogen and oxygen atoms in total. The third kappa shape index (κ3) is 3.41. The number of benzene rings is 1. The molecule has 1 saturated heterocycles. The fraction of sp³-hybridized carbons (Fsp3) is 0.375. The number of pyridine rings is 1. The molecule has 4 N–H and O–H groups in total. The van der Waals surface area contributed by atoms with Gasteiger partial charge in [0, 0.05) is 30.8 Å². The average Bonchev–Trinajstić information content (AvgIpc) is 3.06. The van der Waals surface area contributed by atoms with Gasteiger partial charge >= 0.3 is 0 Å². The van der Waals surface area contributed by atoms with Crippen LogP contribution in [0.5, 0.6) is 0 Å². The van der Waals surface area contributed by atoms with Crippen molar-refractivity contribution in [1.29, 1.82) is 0 Å². The molecule has 166 valence electrons. The summed E-state index contributed by atoms with van der Waals surface area (Å²) in [6.07, 6.45) is 2.93. The second-order valence-corrected chi connectivity index (χ2v) is 9.22. The van der Waals surface area contributed by atoms with E-state index in [9.17, 15) is 9.90 Å². The second kappa shape index (κ2) is 7.99. The normalized spacial score (nSPS) is 19.4. The number of anilines is 1. The van der Waals surface area contributed by atoms with E-state index in [1.54, 1.807) is 6.07 Å². The lowest BCUT2D eigenvalue weighted by molar-refractivity contribution is 0.186. The van der Waals surface area contributed by atoms with Crippen LogP contribution >= 0.6 is 11.6 Å². The highest BCUT2D eigenvalue weighted by atomic mass is 35.5. The minimum atomic E-state index is -0.280. The van der Waals surface area contributed by atoms with E-state index in [1.807, 2.05) is 6.92 Å². The van der Waals surface area contributed by atoms with Crippen LogP contribution in [0.25, 0.3) is 11.3 Å². The van der Waals surface area contributed by atoms with Gasteiger partial charge < -0.3 is 20.7 Å². The van der Waals surface area contributed by atoms with Crippen molar-refractivity contribution in [3.05, 3.63) is 74.4 Å². The van der Waals surface area contributed by atoms with Crippen molar-refractivity contribution in [2.45, 2.75) is 38.8 Å². The van der Waals surface area contributed by atoms with Crippen LogP contribution in [0.1, 0.15) is 41.4 Å². The highest BCUT2D eigenvalue weighted by Gasteiger charge is 2.46. The summed E-state index contributed by atoms with van der Waals surface area (Å²) in [6.45, 7) is 3.25. The first-order valence-corrected chi connectivity index (χ1v) is 11.3. The lowest BCUT2D eigenvalue weighted by Gasteiger charge is -2.43. The molecule has 0 amide bonds. The number of nitrogens with one attached hydrogen (secondary N) is 1. The summed E-state index contributed by atoms with van der Waals surface area (Å²) < 4.78 is 0. The van der Waals surface area contributed by atoms with E-state index in [0.29, 0.717) is 28.5 Å². The molecule has 0 bridgehead atoms. The number of hydrogen-bond donors (Lipinski definition) is 3. The van der Waals surface area contributed by atoms with Gasteiger partial charge in [0.15, 0.2) is 5.82 Å². The topological polar surface area (TPSA) is 108 Å². The number of rotatable bonds is 3. The third-order valence-corrected chi connectivity index (χ3v) is 7.35. The monoisotopic (exact) mass is 451 g/mol.